The van der Waals surface area contributed by atoms with Gasteiger partial charge < -0.3 is 20.5 Å². The van der Waals surface area contributed by atoms with E-state index in [2.05, 4.69) is 5.32 Å². The molecule has 1 amide bonds. The lowest BCUT2D eigenvalue weighted by molar-refractivity contribution is -0.122. The van der Waals surface area contributed by atoms with Crippen LogP contribution < -0.4 is 20.5 Å². The quantitative estimate of drug-likeness (QED) is 0.872. The number of halogens is 1. The Morgan fingerprint density at radius 2 is 1.70 bits per heavy atom. The smallest absolute Gasteiger partial charge is 0.237 e. The standard InChI is InChI=1S/C14H22N2O3.ClH/c1-8-6-12(18-4)13(19-5)7-11(8)10(3)16-14(17)9(2)15;/h6-7,9-10H,15H2,1-5H3,(H,16,17);1H/t9-,10?;/m1./s1. The van der Waals surface area contributed by atoms with Crippen molar-refractivity contribution in [3.8, 4) is 11.5 Å². The fraction of sp³-hybridized carbons (Fsp3) is 0.500. The normalized spacial score (nSPS) is 12.9. The second-order valence-corrected chi connectivity index (χ2v) is 4.58. The highest BCUT2D eigenvalue weighted by Crippen LogP contribution is 2.32. The Kier molecular flexibility index (Phi) is 7.39. The van der Waals surface area contributed by atoms with Crippen molar-refractivity contribution < 1.29 is 14.3 Å². The summed E-state index contributed by atoms with van der Waals surface area (Å²) in [7, 11) is 3.18. The first kappa shape index (κ1) is 18.5. The molecule has 1 aromatic carbocycles. The average Bonchev–Trinajstić information content (AvgIpc) is 2.37. The third kappa shape index (κ3) is 4.28. The van der Waals surface area contributed by atoms with Gasteiger partial charge in [-0.25, -0.2) is 0 Å². The van der Waals surface area contributed by atoms with Gasteiger partial charge in [-0.05, 0) is 44.0 Å². The minimum atomic E-state index is -0.525. The zero-order valence-electron chi connectivity index (χ0n) is 12.5. The van der Waals surface area contributed by atoms with E-state index in [1.54, 1.807) is 21.1 Å². The van der Waals surface area contributed by atoms with Gasteiger partial charge in [0.1, 0.15) is 0 Å². The Labute approximate surface area is 126 Å². The van der Waals surface area contributed by atoms with E-state index in [-0.39, 0.29) is 24.4 Å². The molecule has 0 radical (unpaired) electrons. The zero-order chi connectivity index (χ0) is 14.6. The maximum Gasteiger partial charge on any atom is 0.237 e. The van der Waals surface area contributed by atoms with Crippen LogP contribution in [0.25, 0.3) is 0 Å². The number of nitrogens with one attached hydrogen (secondary N) is 1. The Morgan fingerprint density at radius 1 is 1.20 bits per heavy atom. The molecule has 0 spiro atoms. The molecule has 20 heavy (non-hydrogen) atoms. The summed E-state index contributed by atoms with van der Waals surface area (Å²) < 4.78 is 10.5. The Bertz CT molecular complexity index is 464. The lowest BCUT2D eigenvalue weighted by Crippen LogP contribution is -2.39. The molecule has 114 valence electrons. The van der Waals surface area contributed by atoms with Crippen LogP contribution in [0.1, 0.15) is 31.0 Å². The van der Waals surface area contributed by atoms with Crippen molar-refractivity contribution in [2.24, 2.45) is 5.73 Å². The summed E-state index contributed by atoms with van der Waals surface area (Å²) in [6, 6.07) is 3.10. The van der Waals surface area contributed by atoms with Gasteiger partial charge in [-0.2, -0.15) is 0 Å². The Morgan fingerprint density at radius 3 is 2.15 bits per heavy atom. The van der Waals surface area contributed by atoms with E-state index in [1.807, 2.05) is 26.0 Å². The number of aryl methyl sites for hydroxylation is 1. The molecule has 0 aliphatic heterocycles. The lowest BCUT2D eigenvalue weighted by atomic mass is 10.0. The fourth-order valence-electron chi connectivity index (χ4n) is 1.89. The van der Waals surface area contributed by atoms with Gasteiger partial charge in [0.25, 0.3) is 0 Å². The third-order valence-corrected chi connectivity index (χ3v) is 3.01. The van der Waals surface area contributed by atoms with E-state index in [1.165, 1.54) is 0 Å². The van der Waals surface area contributed by atoms with Crippen molar-refractivity contribution in [1.82, 2.24) is 5.32 Å². The average molecular weight is 303 g/mol. The molecule has 0 aliphatic rings. The summed E-state index contributed by atoms with van der Waals surface area (Å²) in [4.78, 5) is 11.6. The zero-order valence-corrected chi connectivity index (χ0v) is 13.3. The molecule has 0 saturated heterocycles. The van der Waals surface area contributed by atoms with Crippen LogP contribution in [0.2, 0.25) is 0 Å². The van der Waals surface area contributed by atoms with E-state index in [9.17, 15) is 4.79 Å². The number of amides is 1. The van der Waals surface area contributed by atoms with Crippen LogP contribution in [-0.4, -0.2) is 26.2 Å². The van der Waals surface area contributed by atoms with E-state index in [0.29, 0.717) is 11.5 Å². The molecule has 2 atom stereocenters. The van der Waals surface area contributed by atoms with E-state index >= 15 is 0 Å². The first-order valence-electron chi connectivity index (χ1n) is 6.19. The fourth-order valence-corrected chi connectivity index (χ4v) is 1.89. The maximum atomic E-state index is 11.6. The Hall–Kier alpha value is -1.46. The number of benzene rings is 1. The molecular formula is C14H23ClN2O3. The largest absolute Gasteiger partial charge is 0.493 e. The highest BCUT2D eigenvalue weighted by molar-refractivity contribution is 5.85. The SMILES string of the molecule is COc1cc(C)c(C(C)NC(=O)[C@@H](C)N)cc1OC.Cl. The first-order chi connectivity index (χ1) is 8.90. The number of methoxy groups -OCH3 is 2. The highest BCUT2D eigenvalue weighted by Gasteiger charge is 2.17. The molecule has 0 aromatic heterocycles. The van der Waals surface area contributed by atoms with Crippen LogP contribution in [0.15, 0.2) is 12.1 Å². The molecule has 5 nitrogen and oxygen atoms in total. The molecule has 1 aromatic rings. The Balaban J connectivity index is 0.00000361. The van der Waals surface area contributed by atoms with Crippen LogP contribution >= 0.6 is 12.4 Å². The van der Waals surface area contributed by atoms with Crippen LogP contribution in [0, 0.1) is 6.92 Å². The van der Waals surface area contributed by atoms with Gasteiger partial charge in [-0.3, -0.25) is 4.79 Å². The molecule has 1 rings (SSSR count). The number of carbonyl (C=O) groups excluding carboxylic acids is 1. The molecule has 0 fully saturated rings. The summed E-state index contributed by atoms with van der Waals surface area (Å²) in [5.74, 6) is 1.14. The first-order valence-corrected chi connectivity index (χ1v) is 6.19. The monoisotopic (exact) mass is 302 g/mol. The summed E-state index contributed by atoms with van der Waals surface area (Å²) >= 11 is 0. The molecule has 3 N–H and O–H groups in total. The van der Waals surface area contributed by atoms with E-state index in [4.69, 9.17) is 15.2 Å². The topological polar surface area (TPSA) is 73.6 Å². The summed E-state index contributed by atoms with van der Waals surface area (Å²) in [6.07, 6.45) is 0. The molecule has 1 unspecified atom stereocenters. The number of nitrogens with two attached hydrogens (primary N) is 1. The lowest BCUT2D eigenvalue weighted by Gasteiger charge is -2.20. The third-order valence-electron chi connectivity index (χ3n) is 3.01. The van der Waals surface area contributed by atoms with Crippen molar-refractivity contribution >= 4 is 18.3 Å². The van der Waals surface area contributed by atoms with E-state index < -0.39 is 6.04 Å². The predicted octanol–water partition coefficient (Wildman–Crippen LogP) is 1.96. The predicted molar refractivity (Wildman–Crippen MR) is 81.7 cm³/mol. The highest BCUT2D eigenvalue weighted by atomic mass is 35.5. The second kappa shape index (κ2) is 7.97. The minimum Gasteiger partial charge on any atom is -0.493 e. The summed E-state index contributed by atoms with van der Waals surface area (Å²) in [5, 5.41) is 2.86. The van der Waals surface area contributed by atoms with Crippen LogP contribution in [0.5, 0.6) is 11.5 Å². The molecule has 0 aliphatic carbocycles. The summed E-state index contributed by atoms with van der Waals surface area (Å²) in [6.45, 7) is 5.53. The van der Waals surface area contributed by atoms with Crippen LogP contribution in [0.3, 0.4) is 0 Å². The molecular weight excluding hydrogens is 280 g/mol. The number of hydrogen-bond donors (Lipinski definition) is 2. The van der Waals surface area contributed by atoms with Crippen LogP contribution in [-0.2, 0) is 4.79 Å². The maximum absolute atomic E-state index is 11.6. The van der Waals surface area contributed by atoms with Crippen molar-refractivity contribution in [2.45, 2.75) is 32.9 Å². The number of hydrogen-bond acceptors (Lipinski definition) is 4. The molecule has 6 heteroatoms. The van der Waals surface area contributed by atoms with Crippen molar-refractivity contribution in [3.63, 3.8) is 0 Å². The van der Waals surface area contributed by atoms with Gasteiger partial charge in [0, 0.05) is 0 Å². The van der Waals surface area contributed by atoms with Gasteiger partial charge in [-0.1, -0.05) is 0 Å². The molecule has 0 saturated carbocycles. The van der Waals surface area contributed by atoms with Gasteiger partial charge in [0.2, 0.25) is 5.91 Å². The van der Waals surface area contributed by atoms with Crippen molar-refractivity contribution in [2.75, 3.05) is 14.2 Å². The van der Waals surface area contributed by atoms with Gasteiger partial charge in [-0.15, -0.1) is 12.4 Å². The number of ether oxygens (including phenoxy) is 2. The summed E-state index contributed by atoms with van der Waals surface area (Å²) in [5.41, 5.74) is 7.55. The van der Waals surface area contributed by atoms with Crippen molar-refractivity contribution in [1.29, 1.82) is 0 Å². The molecule has 0 bridgehead atoms. The van der Waals surface area contributed by atoms with Gasteiger partial charge in [0.15, 0.2) is 11.5 Å². The number of carbonyl (C=O) groups is 1. The van der Waals surface area contributed by atoms with Crippen molar-refractivity contribution in [3.05, 3.63) is 23.3 Å². The second-order valence-electron chi connectivity index (χ2n) is 4.58. The number of rotatable bonds is 5. The minimum absolute atomic E-state index is 0. The molecule has 0 heterocycles. The van der Waals surface area contributed by atoms with E-state index in [0.717, 1.165) is 11.1 Å². The van der Waals surface area contributed by atoms with Gasteiger partial charge >= 0.3 is 0 Å². The van der Waals surface area contributed by atoms with Crippen LogP contribution in [0.4, 0.5) is 0 Å². The van der Waals surface area contributed by atoms with Gasteiger partial charge in [0.05, 0.1) is 26.3 Å².